The van der Waals surface area contributed by atoms with Crippen molar-refractivity contribution in [1.29, 1.82) is 0 Å². The van der Waals surface area contributed by atoms with E-state index in [9.17, 15) is 4.79 Å². The van der Waals surface area contributed by atoms with E-state index in [1.807, 2.05) is 31.2 Å². The minimum atomic E-state index is 0.942. The van der Waals surface area contributed by atoms with Crippen LogP contribution in [0.4, 0.5) is 0 Å². The lowest BCUT2D eigenvalue weighted by atomic mass is 10.1. The summed E-state index contributed by atoms with van der Waals surface area (Å²) in [5, 5.41) is 0. The molecule has 0 aliphatic rings. The highest BCUT2D eigenvalue weighted by Gasteiger charge is 1.88. The minimum Gasteiger partial charge on any atom is -0.233 e. The Kier molecular flexibility index (Phi) is 2.03. The van der Waals surface area contributed by atoms with Crippen LogP contribution in [-0.2, 0) is 4.79 Å². The van der Waals surface area contributed by atoms with Crippen LogP contribution in [0.25, 0.3) is 6.08 Å². The molecule has 1 nitrogen and oxygen atoms in total. The lowest BCUT2D eigenvalue weighted by Gasteiger charge is -1.94. The number of hydrogen-bond acceptors (Lipinski definition) is 1. The summed E-state index contributed by atoms with van der Waals surface area (Å²) in [5.74, 6) is 1.75. The van der Waals surface area contributed by atoms with Crippen molar-refractivity contribution in [2.45, 2.75) is 6.92 Å². The zero-order valence-corrected chi connectivity index (χ0v) is 5.79. The molecule has 10 heavy (non-hydrogen) atoms. The topological polar surface area (TPSA) is 17.1 Å². The van der Waals surface area contributed by atoms with Gasteiger partial charge in [0.25, 0.3) is 0 Å². The molecule has 1 rings (SSSR count). The third-order valence-corrected chi connectivity index (χ3v) is 1.40. The SMILES string of the molecule is Cc1ccccc1C=C=O. The first kappa shape index (κ1) is 6.79. The molecule has 0 amide bonds. The van der Waals surface area contributed by atoms with Crippen LogP contribution < -0.4 is 0 Å². The van der Waals surface area contributed by atoms with Crippen molar-refractivity contribution in [3.8, 4) is 0 Å². The predicted octanol–water partition coefficient (Wildman–Crippen LogP) is 1.84. The molecule has 0 atom stereocenters. The van der Waals surface area contributed by atoms with Crippen LogP contribution in [0.2, 0.25) is 0 Å². The molecule has 1 aromatic rings. The van der Waals surface area contributed by atoms with Crippen LogP contribution in [0.5, 0.6) is 0 Å². The maximum atomic E-state index is 9.95. The number of benzene rings is 1. The quantitative estimate of drug-likeness (QED) is 0.533. The average molecular weight is 132 g/mol. The van der Waals surface area contributed by atoms with Crippen molar-refractivity contribution in [2.24, 2.45) is 0 Å². The molecule has 1 heteroatoms. The molecule has 0 saturated carbocycles. The minimum absolute atomic E-state index is 0.942. The van der Waals surface area contributed by atoms with Crippen molar-refractivity contribution in [2.75, 3.05) is 0 Å². The summed E-state index contributed by atoms with van der Waals surface area (Å²) < 4.78 is 0. The fourth-order valence-corrected chi connectivity index (χ4v) is 0.812. The summed E-state index contributed by atoms with van der Waals surface area (Å²) in [6.07, 6.45) is 1.44. The summed E-state index contributed by atoms with van der Waals surface area (Å²) in [7, 11) is 0. The zero-order chi connectivity index (χ0) is 7.40. The average Bonchev–Trinajstić information content (AvgIpc) is 1.94. The molecule has 0 aromatic heterocycles. The number of carbonyl (C=O) groups excluding carboxylic acids is 1. The lowest BCUT2D eigenvalue weighted by molar-refractivity contribution is 0.570. The van der Waals surface area contributed by atoms with Gasteiger partial charge < -0.3 is 0 Å². The maximum Gasteiger partial charge on any atom is 0.125 e. The Bertz CT molecular complexity index is 270. The Morgan fingerprint density at radius 3 is 2.70 bits per heavy atom. The molecule has 0 saturated heterocycles. The van der Waals surface area contributed by atoms with Gasteiger partial charge in [0, 0.05) is 6.08 Å². The van der Waals surface area contributed by atoms with E-state index in [-0.39, 0.29) is 0 Å². The Labute approximate surface area is 60.0 Å². The first-order chi connectivity index (χ1) is 4.84. The van der Waals surface area contributed by atoms with Crippen molar-refractivity contribution in [3.05, 3.63) is 35.4 Å². The van der Waals surface area contributed by atoms with Crippen LogP contribution in [0.1, 0.15) is 11.1 Å². The van der Waals surface area contributed by atoms with Gasteiger partial charge in [0.05, 0.1) is 0 Å². The van der Waals surface area contributed by atoms with Gasteiger partial charge in [-0.1, -0.05) is 24.3 Å². The van der Waals surface area contributed by atoms with Crippen molar-refractivity contribution < 1.29 is 4.79 Å². The summed E-state index contributed by atoms with van der Waals surface area (Å²) in [4.78, 5) is 9.95. The van der Waals surface area contributed by atoms with Gasteiger partial charge in [-0.05, 0) is 18.1 Å². The predicted molar refractivity (Wildman–Crippen MR) is 41.3 cm³/mol. The lowest BCUT2D eigenvalue weighted by Crippen LogP contribution is -1.77. The molecule has 0 unspecified atom stereocenters. The molecule has 0 N–H and O–H groups in total. The fourth-order valence-electron chi connectivity index (χ4n) is 0.812. The number of aryl methyl sites for hydroxylation is 1. The highest BCUT2D eigenvalue weighted by atomic mass is 16.1. The van der Waals surface area contributed by atoms with Crippen molar-refractivity contribution in [3.63, 3.8) is 0 Å². The Morgan fingerprint density at radius 2 is 2.10 bits per heavy atom. The molecule has 0 aliphatic heterocycles. The van der Waals surface area contributed by atoms with E-state index < -0.39 is 0 Å². The molecular weight excluding hydrogens is 124 g/mol. The van der Waals surface area contributed by atoms with Gasteiger partial charge in [-0.15, -0.1) is 0 Å². The van der Waals surface area contributed by atoms with Gasteiger partial charge >= 0.3 is 0 Å². The summed E-state index contributed by atoms with van der Waals surface area (Å²) in [6, 6.07) is 7.69. The summed E-state index contributed by atoms with van der Waals surface area (Å²) in [6.45, 7) is 1.96. The fraction of sp³-hybridized carbons (Fsp3) is 0.111. The monoisotopic (exact) mass is 132 g/mol. The second-order valence-electron chi connectivity index (χ2n) is 2.12. The maximum absolute atomic E-state index is 9.95. The largest absolute Gasteiger partial charge is 0.233 e. The van der Waals surface area contributed by atoms with E-state index in [2.05, 4.69) is 0 Å². The smallest absolute Gasteiger partial charge is 0.125 e. The van der Waals surface area contributed by atoms with Crippen LogP contribution in [-0.4, -0.2) is 5.94 Å². The van der Waals surface area contributed by atoms with Crippen molar-refractivity contribution in [1.82, 2.24) is 0 Å². The molecule has 0 heterocycles. The molecular formula is C9H8O. The second-order valence-corrected chi connectivity index (χ2v) is 2.12. The number of hydrogen-bond donors (Lipinski definition) is 0. The van der Waals surface area contributed by atoms with E-state index in [0.717, 1.165) is 11.1 Å². The van der Waals surface area contributed by atoms with Gasteiger partial charge in [-0.2, -0.15) is 0 Å². The Balaban J connectivity index is 3.14. The molecule has 0 aliphatic carbocycles. The summed E-state index contributed by atoms with van der Waals surface area (Å²) in [5.41, 5.74) is 2.04. The highest BCUT2D eigenvalue weighted by molar-refractivity contribution is 5.75. The van der Waals surface area contributed by atoms with Crippen LogP contribution in [0.15, 0.2) is 24.3 Å². The van der Waals surface area contributed by atoms with Crippen molar-refractivity contribution >= 4 is 12.0 Å². The Morgan fingerprint density at radius 1 is 1.40 bits per heavy atom. The highest BCUT2D eigenvalue weighted by Crippen LogP contribution is 2.06. The van der Waals surface area contributed by atoms with E-state index >= 15 is 0 Å². The van der Waals surface area contributed by atoms with Gasteiger partial charge in [-0.3, -0.25) is 0 Å². The van der Waals surface area contributed by atoms with Gasteiger partial charge in [0.1, 0.15) is 5.94 Å². The van der Waals surface area contributed by atoms with E-state index in [1.54, 1.807) is 5.94 Å². The first-order valence-electron chi connectivity index (χ1n) is 3.11. The molecule has 0 bridgehead atoms. The van der Waals surface area contributed by atoms with E-state index in [0.29, 0.717) is 0 Å². The van der Waals surface area contributed by atoms with E-state index in [4.69, 9.17) is 0 Å². The normalized spacial score (nSPS) is 8.50. The van der Waals surface area contributed by atoms with Crippen LogP contribution >= 0.6 is 0 Å². The molecule has 50 valence electrons. The Hall–Kier alpha value is -1.33. The van der Waals surface area contributed by atoms with Gasteiger partial charge in [-0.25, -0.2) is 4.79 Å². The third kappa shape index (κ3) is 1.34. The van der Waals surface area contributed by atoms with Crippen LogP contribution in [0.3, 0.4) is 0 Å². The van der Waals surface area contributed by atoms with Gasteiger partial charge in [0.2, 0.25) is 0 Å². The zero-order valence-electron chi connectivity index (χ0n) is 5.79. The third-order valence-electron chi connectivity index (χ3n) is 1.40. The number of rotatable bonds is 1. The first-order valence-corrected chi connectivity index (χ1v) is 3.11. The standard InChI is InChI=1S/C9H8O/c1-8-4-2-3-5-9(8)6-7-10/h2-6H,1H3. The molecule has 1 aromatic carbocycles. The second kappa shape index (κ2) is 3.00. The summed E-state index contributed by atoms with van der Waals surface area (Å²) >= 11 is 0. The molecule has 0 spiro atoms. The van der Waals surface area contributed by atoms with E-state index in [1.165, 1.54) is 6.08 Å². The molecule has 0 radical (unpaired) electrons. The van der Waals surface area contributed by atoms with Gasteiger partial charge in [0.15, 0.2) is 0 Å². The molecule has 0 fully saturated rings. The van der Waals surface area contributed by atoms with Crippen LogP contribution in [0, 0.1) is 6.92 Å².